The summed E-state index contributed by atoms with van der Waals surface area (Å²) in [7, 11) is 0. The molecule has 2 heteroatoms. The minimum absolute atomic E-state index is 0.705. The lowest BCUT2D eigenvalue weighted by atomic mass is 9.73. The fourth-order valence-corrected chi connectivity index (χ4v) is 5.41. The Kier molecular flexibility index (Phi) is 2.21. The number of fused-ring (bicyclic) bond motifs is 3. The van der Waals surface area contributed by atoms with Crippen molar-refractivity contribution >= 4 is 5.69 Å². The smallest absolute Gasteiger partial charge is 0.0569 e. The van der Waals surface area contributed by atoms with Crippen molar-refractivity contribution in [2.24, 2.45) is 5.92 Å². The van der Waals surface area contributed by atoms with E-state index in [0.29, 0.717) is 6.04 Å². The van der Waals surface area contributed by atoms with Crippen LogP contribution in [0, 0.1) is 5.92 Å². The summed E-state index contributed by atoms with van der Waals surface area (Å²) in [5.74, 6) is 1.55. The topological polar surface area (TPSA) is 6.48 Å². The molecule has 0 bridgehead atoms. The van der Waals surface area contributed by atoms with Crippen LogP contribution in [0.15, 0.2) is 36.0 Å². The molecule has 0 N–H and O–H groups in total. The van der Waals surface area contributed by atoms with Gasteiger partial charge in [-0.25, -0.2) is 0 Å². The van der Waals surface area contributed by atoms with Gasteiger partial charge in [-0.15, -0.1) is 0 Å². The van der Waals surface area contributed by atoms with Gasteiger partial charge in [-0.05, 0) is 56.8 Å². The predicted molar refractivity (Wildman–Crippen MR) is 81.9 cm³/mol. The molecule has 4 aliphatic heterocycles. The van der Waals surface area contributed by atoms with Crippen LogP contribution in [0.1, 0.15) is 37.7 Å². The Hall–Kier alpha value is -1.28. The molecule has 4 atom stereocenters. The number of rotatable bonds is 0. The average Bonchev–Trinajstić information content (AvgIpc) is 2.82. The third-order valence-corrected chi connectivity index (χ3v) is 6.06. The van der Waals surface area contributed by atoms with Gasteiger partial charge in [-0.1, -0.05) is 24.3 Å². The summed E-state index contributed by atoms with van der Waals surface area (Å²) in [4.78, 5) is 5.45. The number of benzene rings is 1. The van der Waals surface area contributed by atoms with E-state index in [9.17, 15) is 0 Å². The molecule has 0 spiro atoms. The maximum absolute atomic E-state index is 2.79. The van der Waals surface area contributed by atoms with Crippen LogP contribution >= 0.6 is 0 Å². The molecule has 4 aliphatic rings. The second kappa shape index (κ2) is 3.88. The maximum atomic E-state index is 2.79. The minimum atomic E-state index is 0.705. The minimum Gasteiger partial charge on any atom is -0.340 e. The van der Waals surface area contributed by atoms with E-state index < -0.39 is 0 Å². The van der Waals surface area contributed by atoms with E-state index in [2.05, 4.69) is 47.1 Å². The van der Waals surface area contributed by atoms with Gasteiger partial charge < -0.3 is 4.90 Å². The van der Waals surface area contributed by atoms with Crippen molar-refractivity contribution in [3.8, 4) is 0 Å². The van der Waals surface area contributed by atoms with Crippen molar-refractivity contribution in [3.63, 3.8) is 0 Å². The first-order valence-corrected chi connectivity index (χ1v) is 8.15. The van der Waals surface area contributed by atoms with Gasteiger partial charge in [0.05, 0.1) is 6.04 Å². The highest BCUT2D eigenvalue weighted by atomic mass is 15.3. The van der Waals surface area contributed by atoms with E-state index in [-0.39, 0.29) is 0 Å². The Balaban J connectivity index is 1.71. The fraction of sp³-hybridized carbons (Fsp3) is 0.556. The number of piperidine rings is 2. The summed E-state index contributed by atoms with van der Waals surface area (Å²) in [5.41, 5.74) is 4.59. The van der Waals surface area contributed by atoms with Gasteiger partial charge in [0.15, 0.2) is 0 Å². The second-order valence-corrected chi connectivity index (χ2v) is 6.96. The Morgan fingerprint density at radius 2 is 1.95 bits per heavy atom. The molecular formula is C18H22N2. The fourth-order valence-electron chi connectivity index (χ4n) is 5.41. The standard InChI is InChI=1S/C18H22N2/c1-12-11-13-5-4-9-19-10-8-15-14-6-2-3-7-16(14)20(12)18(15)17(13)19/h2-3,6-7,11,13,15,17-18H,4-5,8-10H2,1H3. The van der Waals surface area contributed by atoms with Crippen LogP contribution in [0.2, 0.25) is 0 Å². The first-order valence-electron chi connectivity index (χ1n) is 8.15. The summed E-state index contributed by atoms with van der Waals surface area (Å²) in [6.45, 7) is 4.95. The molecule has 104 valence electrons. The van der Waals surface area contributed by atoms with Crippen molar-refractivity contribution in [1.29, 1.82) is 0 Å². The molecule has 4 unspecified atom stereocenters. The van der Waals surface area contributed by atoms with Crippen LogP contribution in [0.4, 0.5) is 5.69 Å². The molecule has 2 fully saturated rings. The normalized spacial score (nSPS) is 38.2. The molecule has 0 aliphatic carbocycles. The zero-order valence-corrected chi connectivity index (χ0v) is 12.1. The number of hydrogen-bond acceptors (Lipinski definition) is 2. The van der Waals surface area contributed by atoms with Crippen LogP contribution in [0.5, 0.6) is 0 Å². The Morgan fingerprint density at radius 3 is 2.90 bits per heavy atom. The van der Waals surface area contributed by atoms with Crippen LogP contribution in [-0.2, 0) is 0 Å². The largest absolute Gasteiger partial charge is 0.340 e. The molecule has 1 aromatic rings. The van der Waals surface area contributed by atoms with Gasteiger partial charge >= 0.3 is 0 Å². The van der Waals surface area contributed by atoms with E-state index in [4.69, 9.17) is 0 Å². The molecule has 0 aromatic heterocycles. The van der Waals surface area contributed by atoms with Crippen LogP contribution in [0.3, 0.4) is 0 Å². The van der Waals surface area contributed by atoms with Gasteiger partial charge in [0.2, 0.25) is 0 Å². The van der Waals surface area contributed by atoms with E-state index >= 15 is 0 Å². The zero-order chi connectivity index (χ0) is 13.3. The monoisotopic (exact) mass is 266 g/mol. The highest BCUT2D eigenvalue weighted by Crippen LogP contribution is 2.53. The number of nitrogens with zero attached hydrogens (tertiary/aromatic N) is 2. The number of anilines is 1. The highest BCUT2D eigenvalue weighted by Gasteiger charge is 2.52. The molecule has 1 aromatic carbocycles. The maximum Gasteiger partial charge on any atom is 0.0569 e. The van der Waals surface area contributed by atoms with Gasteiger partial charge in [-0.2, -0.15) is 0 Å². The molecular weight excluding hydrogens is 244 g/mol. The lowest BCUT2D eigenvalue weighted by Crippen LogP contribution is -2.62. The number of allylic oxidation sites excluding steroid dienone is 1. The number of hydrogen-bond donors (Lipinski definition) is 0. The molecule has 0 radical (unpaired) electrons. The summed E-state index contributed by atoms with van der Waals surface area (Å²) in [6, 6.07) is 10.6. The Bertz CT molecular complexity index is 591. The van der Waals surface area contributed by atoms with Gasteiger partial charge in [0, 0.05) is 23.3 Å². The van der Waals surface area contributed by atoms with Crippen molar-refractivity contribution in [3.05, 3.63) is 41.6 Å². The molecule has 4 heterocycles. The van der Waals surface area contributed by atoms with Crippen molar-refractivity contribution < 1.29 is 0 Å². The van der Waals surface area contributed by atoms with E-state index in [1.807, 2.05) is 0 Å². The lowest BCUT2D eigenvalue weighted by Gasteiger charge is -2.54. The zero-order valence-electron chi connectivity index (χ0n) is 12.1. The highest BCUT2D eigenvalue weighted by molar-refractivity contribution is 5.67. The summed E-state index contributed by atoms with van der Waals surface area (Å²) >= 11 is 0. The first kappa shape index (κ1) is 11.4. The summed E-state index contributed by atoms with van der Waals surface area (Å²) in [5, 5.41) is 0. The quantitative estimate of drug-likeness (QED) is 0.710. The van der Waals surface area contributed by atoms with Gasteiger partial charge in [-0.3, -0.25) is 4.90 Å². The third-order valence-electron chi connectivity index (χ3n) is 6.06. The molecule has 0 saturated carbocycles. The van der Waals surface area contributed by atoms with Crippen LogP contribution in [-0.4, -0.2) is 30.1 Å². The van der Waals surface area contributed by atoms with Gasteiger partial charge in [0.25, 0.3) is 0 Å². The third kappa shape index (κ3) is 1.28. The average molecular weight is 266 g/mol. The lowest BCUT2D eigenvalue weighted by molar-refractivity contribution is 0.0489. The SMILES string of the molecule is CC1=CC2CCCN3CCC4c5ccccc5N1C4C23. The van der Waals surface area contributed by atoms with Gasteiger partial charge in [0.1, 0.15) is 0 Å². The van der Waals surface area contributed by atoms with Crippen molar-refractivity contribution in [2.45, 2.75) is 44.2 Å². The molecule has 5 rings (SSSR count). The second-order valence-electron chi connectivity index (χ2n) is 6.96. The van der Waals surface area contributed by atoms with E-state index in [1.165, 1.54) is 43.7 Å². The molecule has 20 heavy (non-hydrogen) atoms. The predicted octanol–water partition coefficient (Wildman–Crippen LogP) is 3.36. The Morgan fingerprint density at radius 1 is 1.05 bits per heavy atom. The first-order chi connectivity index (χ1) is 9.84. The summed E-state index contributed by atoms with van der Waals surface area (Å²) in [6.07, 6.45) is 6.69. The molecule has 2 nitrogen and oxygen atoms in total. The van der Waals surface area contributed by atoms with Crippen molar-refractivity contribution in [1.82, 2.24) is 4.90 Å². The van der Waals surface area contributed by atoms with Crippen molar-refractivity contribution in [2.75, 3.05) is 18.0 Å². The Labute approximate surface area is 121 Å². The van der Waals surface area contributed by atoms with Crippen LogP contribution in [0.25, 0.3) is 0 Å². The summed E-state index contributed by atoms with van der Waals surface area (Å²) < 4.78 is 0. The van der Waals surface area contributed by atoms with Crippen LogP contribution < -0.4 is 4.90 Å². The van der Waals surface area contributed by atoms with E-state index in [0.717, 1.165) is 17.9 Å². The molecule has 0 amide bonds. The van der Waals surface area contributed by atoms with E-state index in [1.54, 1.807) is 5.56 Å². The molecule has 2 saturated heterocycles. The number of para-hydroxylation sites is 1.